The molecule has 1 aromatic rings. The van der Waals surface area contributed by atoms with Crippen LogP contribution in [-0.2, 0) is 14.0 Å². The van der Waals surface area contributed by atoms with Crippen molar-refractivity contribution in [1.82, 2.24) is 5.32 Å². The first-order chi connectivity index (χ1) is 12.3. The number of rotatable bonds is 5. The zero-order chi connectivity index (χ0) is 20.5. The molecule has 1 fully saturated rings. The fourth-order valence-corrected chi connectivity index (χ4v) is 2.50. The quantitative estimate of drug-likeness (QED) is 0.798. The number of carbonyl (C=O) groups is 1. The van der Waals surface area contributed by atoms with E-state index >= 15 is 0 Å². The van der Waals surface area contributed by atoms with Crippen molar-refractivity contribution in [2.75, 3.05) is 6.61 Å². The predicted octanol–water partition coefficient (Wildman–Crippen LogP) is 3.28. The summed E-state index contributed by atoms with van der Waals surface area (Å²) in [5, 5.41) is 2.76. The minimum Gasteiger partial charge on any atom is -0.491 e. The van der Waals surface area contributed by atoms with Gasteiger partial charge in [-0.25, -0.2) is 4.79 Å². The van der Waals surface area contributed by atoms with Crippen molar-refractivity contribution in [2.24, 2.45) is 0 Å². The molecule has 0 unspecified atom stereocenters. The molecule has 0 aliphatic carbocycles. The Labute approximate surface area is 163 Å². The molecule has 1 atom stereocenters. The molecule has 1 N–H and O–H groups in total. The SMILES string of the molecule is C[C@@H](COc1cccc(B2OC(C)(C)C(C)(C)O2)c1)NC(=O)OC(C)(C)C. The molecule has 1 saturated heterocycles. The van der Waals surface area contributed by atoms with Crippen LogP contribution in [0.3, 0.4) is 0 Å². The van der Waals surface area contributed by atoms with E-state index in [4.69, 9.17) is 18.8 Å². The van der Waals surface area contributed by atoms with Gasteiger partial charge in [-0.05, 0) is 73.0 Å². The largest absolute Gasteiger partial charge is 0.494 e. The van der Waals surface area contributed by atoms with Crippen LogP contribution in [0.1, 0.15) is 55.4 Å². The topological polar surface area (TPSA) is 66.0 Å². The summed E-state index contributed by atoms with van der Waals surface area (Å²) in [5.41, 5.74) is -0.401. The lowest BCUT2D eigenvalue weighted by Crippen LogP contribution is -2.41. The highest BCUT2D eigenvalue weighted by molar-refractivity contribution is 6.62. The molecule has 1 aliphatic rings. The van der Waals surface area contributed by atoms with Gasteiger partial charge in [0.05, 0.1) is 17.2 Å². The van der Waals surface area contributed by atoms with E-state index in [1.807, 2.05) is 79.7 Å². The van der Waals surface area contributed by atoms with Crippen molar-refractivity contribution < 1.29 is 23.6 Å². The molecule has 150 valence electrons. The van der Waals surface area contributed by atoms with Crippen LogP contribution in [0.2, 0.25) is 0 Å². The zero-order valence-corrected chi connectivity index (χ0v) is 17.7. The highest BCUT2D eigenvalue weighted by Crippen LogP contribution is 2.36. The maximum absolute atomic E-state index is 11.8. The molecule has 2 rings (SSSR count). The number of benzene rings is 1. The van der Waals surface area contributed by atoms with Gasteiger partial charge >= 0.3 is 13.2 Å². The van der Waals surface area contributed by atoms with Crippen LogP contribution < -0.4 is 15.5 Å². The molecule has 0 saturated carbocycles. The van der Waals surface area contributed by atoms with Crippen molar-refractivity contribution in [3.63, 3.8) is 0 Å². The van der Waals surface area contributed by atoms with E-state index in [-0.39, 0.29) is 17.2 Å². The van der Waals surface area contributed by atoms with E-state index < -0.39 is 18.8 Å². The fourth-order valence-electron chi connectivity index (χ4n) is 2.50. The number of carbonyl (C=O) groups excluding carboxylic acids is 1. The minimum atomic E-state index is -0.526. The Morgan fingerprint density at radius 2 is 1.78 bits per heavy atom. The molecule has 0 bridgehead atoms. The van der Waals surface area contributed by atoms with Crippen LogP contribution in [0.25, 0.3) is 0 Å². The second kappa shape index (κ2) is 7.72. The van der Waals surface area contributed by atoms with Gasteiger partial charge in [-0.1, -0.05) is 12.1 Å². The summed E-state index contributed by atoms with van der Waals surface area (Å²) in [6, 6.07) is 7.44. The predicted molar refractivity (Wildman–Crippen MR) is 106 cm³/mol. The number of ether oxygens (including phenoxy) is 2. The third kappa shape index (κ3) is 5.88. The maximum Gasteiger partial charge on any atom is 0.494 e. The summed E-state index contributed by atoms with van der Waals surface area (Å²) in [4.78, 5) is 11.8. The Morgan fingerprint density at radius 3 is 2.33 bits per heavy atom. The van der Waals surface area contributed by atoms with Crippen LogP contribution >= 0.6 is 0 Å². The zero-order valence-electron chi connectivity index (χ0n) is 17.7. The molecule has 1 aromatic carbocycles. The van der Waals surface area contributed by atoms with Crippen LogP contribution in [0.15, 0.2) is 24.3 Å². The fraction of sp³-hybridized carbons (Fsp3) is 0.650. The molecule has 6 nitrogen and oxygen atoms in total. The molecule has 7 heteroatoms. The van der Waals surface area contributed by atoms with Crippen molar-refractivity contribution in [3.8, 4) is 5.75 Å². The Bertz CT molecular complexity index is 653. The number of nitrogens with one attached hydrogen (secondary N) is 1. The van der Waals surface area contributed by atoms with E-state index in [0.29, 0.717) is 12.4 Å². The van der Waals surface area contributed by atoms with E-state index in [0.717, 1.165) is 5.46 Å². The number of hydrogen-bond acceptors (Lipinski definition) is 5. The summed E-state index contributed by atoms with van der Waals surface area (Å²) in [7, 11) is -0.434. The number of amides is 1. The maximum atomic E-state index is 11.8. The van der Waals surface area contributed by atoms with Crippen molar-refractivity contribution in [1.29, 1.82) is 0 Å². The van der Waals surface area contributed by atoms with E-state index in [1.165, 1.54) is 0 Å². The lowest BCUT2D eigenvalue weighted by Gasteiger charge is -2.32. The van der Waals surface area contributed by atoms with Crippen molar-refractivity contribution >= 4 is 18.7 Å². The minimum absolute atomic E-state index is 0.194. The number of alkyl carbamates (subject to hydrolysis) is 1. The molecule has 1 heterocycles. The standard InChI is InChI=1S/C20H32BNO5/c1-14(22-17(23)25-18(2,3)4)13-24-16-11-9-10-15(12-16)21-26-19(5,6)20(7,8)27-21/h9-12,14H,13H2,1-8H3,(H,22,23)/t14-/m0/s1. The van der Waals surface area contributed by atoms with Gasteiger partial charge in [0, 0.05) is 0 Å². The monoisotopic (exact) mass is 377 g/mol. The summed E-state index contributed by atoms with van der Waals surface area (Å²) in [5.74, 6) is 0.694. The third-order valence-electron chi connectivity index (χ3n) is 4.65. The summed E-state index contributed by atoms with van der Waals surface area (Å²) >= 11 is 0. The normalized spacial score (nSPS) is 19.5. The third-order valence-corrected chi connectivity index (χ3v) is 4.65. The van der Waals surface area contributed by atoms with Gasteiger partial charge in [0.2, 0.25) is 0 Å². The molecule has 1 amide bonds. The van der Waals surface area contributed by atoms with E-state index in [9.17, 15) is 4.79 Å². The second-order valence-electron chi connectivity index (χ2n) is 9.02. The summed E-state index contributed by atoms with van der Waals surface area (Å²) in [6.45, 7) is 15.8. The molecular formula is C20H32BNO5. The van der Waals surface area contributed by atoms with E-state index in [2.05, 4.69) is 5.32 Å². The lowest BCUT2D eigenvalue weighted by molar-refractivity contribution is 0.00578. The lowest BCUT2D eigenvalue weighted by atomic mass is 9.79. The molecule has 0 radical (unpaired) electrons. The Morgan fingerprint density at radius 1 is 1.19 bits per heavy atom. The van der Waals surface area contributed by atoms with Crippen molar-refractivity contribution in [2.45, 2.75) is 78.2 Å². The Kier molecular flexibility index (Phi) is 6.17. The Balaban J connectivity index is 1.92. The highest BCUT2D eigenvalue weighted by Gasteiger charge is 2.51. The van der Waals surface area contributed by atoms with Crippen LogP contribution in [-0.4, -0.2) is 42.7 Å². The van der Waals surface area contributed by atoms with Crippen molar-refractivity contribution in [3.05, 3.63) is 24.3 Å². The smallest absolute Gasteiger partial charge is 0.491 e. The summed E-state index contributed by atoms with van der Waals surface area (Å²) in [6.07, 6.45) is -0.454. The van der Waals surface area contributed by atoms with Gasteiger partial charge in [0.25, 0.3) is 0 Å². The number of hydrogen-bond donors (Lipinski definition) is 1. The first-order valence-corrected chi connectivity index (χ1v) is 9.37. The average molecular weight is 377 g/mol. The first-order valence-electron chi connectivity index (χ1n) is 9.37. The molecule has 0 aromatic heterocycles. The van der Waals surface area contributed by atoms with Gasteiger partial charge in [-0.2, -0.15) is 0 Å². The van der Waals surface area contributed by atoms with E-state index in [1.54, 1.807) is 0 Å². The van der Waals surface area contributed by atoms with Gasteiger partial charge in [-0.3, -0.25) is 0 Å². The van der Waals surface area contributed by atoms with Gasteiger partial charge < -0.3 is 24.1 Å². The molecule has 27 heavy (non-hydrogen) atoms. The summed E-state index contributed by atoms with van der Waals surface area (Å²) < 4.78 is 23.2. The van der Waals surface area contributed by atoms with Gasteiger partial charge in [0.15, 0.2) is 0 Å². The highest BCUT2D eigenvalue weighted by atomic mass is 16.7. The second-order valence-corrected chi connectivity index (χ2v) is 9.02. The molecular weight excluding hydrogens is 345 g/mol. The van der Waals surface area contributed by atoms with Crippen LogP contribution in [0.4, 0.5) is 4.79 Å². The van der Waals surface area contributed by atoms with Crippen LogP contribution in [0, 0.1) is 0 Å². The first kappa shape index (κ1) is 21.6. The van der Waals surface area contributed by atoms with Gasteiger partial charge in [0.1, 0.15) is 18.0 Å². The Hall–Kier alpha value is -1.73. The molecule has 1 aliphatic heterocycles. The van der Waals surface area contributed by atoms with Gasteiger partial charge in [-0.15, -0.1) is 0 Å². The average Bonchev–Trinajstić information content (AvgIpc) is 2.72. The molecule has 0 spiro atoms. The van der Waals surface area contributed by atoms with Crippen LogP contribution in [0.5, 0.6) is 5.75 Å².